The van der Waals surface area contributed by atoms with Crippen molar-refractivity contribution in [3.05, 3.63) is 0 Å². The van der Waals surface area contributed by atoms with Gasteiger partial charge in [0, 0.05) is 38.8 Å². The van der Waals surface area contributed by atoms with E-state index in [0.29, 0.717) is 19.4 Å². The minimum atomic E-state index is -1.80. The van der Waals surface area contributed by atoms with Gasteiger partial charge in [-0.15, -0.1) is 11.8 Å². The summed E-state index contributed by atoms with van der Waals surface area (Å²) >= 11 is 1.49. The summed E-state index contributed by atoms with van der Waals surface area (Å²) in [5.74, 6) is 0.151. The zero-order chi connectivity index (χ0) is 25.9. The van der Waals surface area contributed by atoms with Crippen LogP contribution in [-0.4, -0.2) is 70.1 Å². The molecular weight excluding hydrogens is 479 g/mol. The highest BCUT2D eigenvalue weighted by Crippen LogP contribution is 2.34. The summed E-state index contributed by atoms with van der Waals surface area (Å²) in [6.45, 7) is 10.3. The number of hydrogen-bond acceptors (Lipinski definition) is 8. The first kappa shape index (κ1) is 32.9. The van der Waals surface area contributed by atoms with E-state index in [4.69, 9.17) is 9.05 Å². The molecule has 0 bridgehead atoms. The number of nitrogens with zero attached hydrogens (tertiary/aromatic N) is 1. The van der Waals surface area contributed by atoms with Crippen LogP contribution in [0.4, 0.5) is 0 Å². The van der Waals surface area contributed by atoms with Crippen molar-refractivity contribution < 1.29 is 33.1 Å². The molecule has 2 atom stereocenters. The van der Waals surface area contributed by atoms with Crippen molar-refractivity contribution in [1.82, 2.24) is 10.2 Å². The van der Waals surface area contributed by atoms with Gasteiger partial charge in [0.15, 0.2) is 0 Å². The Bertz CT molecular complexity index is 622. The number of nitrogens with one attached hydrogen (secondary N) is 1. The van der Waals surface area contributed by atoms with Crippen LogP contribution in [-0.2, 0) is 28.2 Å². The Morgan fingerprint density at radius 2 is 1.85 bits per heavy atom. The number of carbonyl (C=O) groups excluding carboxylic acids is 4. The monoisotopic (exact) mass is 522 g/mol. The number of amides is 3. The lowest BCUT2D eigenvalue weighted by Crippen LogP contribution is -2.36. The zero-order valence-electron chi connectivity index (χ0n) is 21.3. The Morgan fingerprint density at radius 1 is 1.18 bits per heavy atom. The number of thioether (sulfide) groups is 1. The lowest BCUT2D eigenvalue weighted by atomic mass is 10.2. The van der Waals surface area contributed by atoms with E-state index in [-0.39, 0.29) is 60.8 Å². The van der Waals surface area contributed by atoms with E-state index in [1.54, 1.807) is 6.92 Å². The molecule has 2 N–H and O–H groups in total. The van der Waals surface area contributed by atoms with Gasteiger partial charge in [-0.1, -0.05) is 33.6 Å². The molecule has 1 aliphatic heterocycles. The van der Waals surface area contributed by atoms with Crippen LogP contribution >= 0.6 is 20.4 Å². The van der Waals surface area contributed by atoms with E-state index in [1.165, 1.54) is 16.7 Å². The summed E-state index contributed by atoms with van der Waals surface area (Å²) in [5, 5.41) is 2.27. The first-order chi connectivity index (χ1) is 16.2. The molecule has 0 aromatic rings. The second kappa shape index (κ2) is 20.2. The molecule has 1 saturated heterocycles. The first-order valence-corrected chi connectivity index (χ1v) is 14.4. The number of likely N-dealkylation sites (tertiary alicyclic amines) is 1. The number of ketones is 1. The highest BCUT2D eigenvalue weighted by molar-refractivity contribution is 8.00. The average molecular weight is 523 g/mol. The summed E-state index contributed by atoms with van der Waals surface area (Å²) in [4.78, 5) is 58.4. The fourth-order valence-corrected chi connectivity index (χ4v) is 4.87. The number of rotatable bonds is 18. The van der Waals surface area contributed by atoms with E-state index in [9.17, 15) is 24.1 Å². The Hall–Kier alpha value is -1.06. The van der Waals surface area contributed by atoms with Gasteiger partial charge < -0.3 is 19.3 Å². The van der Waals surface area contributed by atoms with Crippen molar-refractivity contribution in [2.75, 3.05) is 25.4 Å². The molecule has 3 amide bonds. The minimum absolute atomic E-state index is 0.0511. The number of carbonyl (C=O) groups is 4. The third-order valence-corrected chi connectivity index (χ3v) is 7.05. The second-order valence-electron chi connectivity index (χ2n) is 7.83. The molecule has 0 spiro atoms. The number of imide groups is 1. The van der Waals surface area contributed by atoms with Gasteiger partial charge in [0.1, 0.15) is 5.78 Å². The molecule has 2 unspecified atom stereocenters. The van der Waals surface area contributed by atoms with Gasteiger partial charge in [0.05, 0.1) is 18.0 Å². The predicted octanol–water partition coefficient (Wildman–Crippen LogP) is 3.97. The molecule has 1 fully saturated rings. The van der Waals surface area contributed by atoms with Crippen LogP contribution < -0.4 is 5.32 Å². The Balaban J connectivity index is 0.00000529. The van der Waals surface area contributed by atoms with Crippen molar-refractivity contribution in [1.29, 1.82) is 0 Å². The number of unbranched alkanes of at least 4 members (excludes halogenated alkanes) is 3. The summed E-state index contributed by atoms with van der Waals surface area (Å²) in [6.07, 6.45) is 4.59. The van der Waals surface area contributed by atoms with Crippen LogP contribution in [0.3, 0.4) is 0 Å². The Morgan fingerprint density at radius 3 is 2.50 bits per heavy atom. The van der Waals surface area contributed by atoms with E-state index in [0.717, 1.165) is 31.4 Å². The quantitative estimate of drug-likeness (QED) is 0.158. The van der Waals surface area contributed by atoms with Gasteiger partial charge in [-0.2, -0.15) is 0 Å². The molecule has 0 aromatic heterocycles. The third-order valence-electron chi connectivity index (χ3n) is 4.75. The fraction of sp³-hybridized carbons (Fsp3) is 0.826. The largest absolute Gasteiger partial charge is 0.356 e. The summed E-state index contributed by atoms with van der Waals surface area (Å²) < 4.78 is 10.4. The molecule has 0 radical (unpaired) electrons. The molecule has 1 rings (SSSR count). The van der Waals surface area contributed by atoms with Crippen LogP contribution in [0.15, 0.2) is 0 Å². The smallest absolute Gasteiger partial charge is 0.330 e. The molecule has 0 aliphatic carbocycles. The van der Waals surface area contributed by atoms with Crippen molar-refractivity contribution >= 4 is 43.9 Å². The highest BCUT2D eigenvalue weighted by Gasteiger charge is 2.38. The molecule has 0 aromatic carbocycles. The number of hydrogen-bond donors (Lipinski definition) is 2. The van der Waals surface area contributed by atoms with Crippen molar-refractivity contribution in [3.8, 4) is 0 Å². The van der Waals surface area contributed by atoms with Gasteiger partial charge in [-0.3, -0.25) is 24.1 Å². The zero-order valence-corrected chi connectivity index (χ0v) is 23.1. The predicted molar refractivity (Wildman–Crippen MR) is 136 cm³/mol. The van der Waals surface area contributed by atoms with Gasteiger partial charge in [-0.25, -0.2) is 0 Å². The average Bonchev–Trinajstić information content (AvgIpc) is 3.07. The molecule has 11 heteroatoms. The lowest BCUT2D eigenvalue weighted by Gasteiger charge is -2.14. The Labute approximate surface area is 210 Å². The summed E-state index contributed by atoms with van der Waals surface area (Å²) in [5.41, 5.74) is 0. The minimum Gasteiger partial charge on any atom is -0.356 e. The molecule has 0 saturated carbocycles. The maximum absolute atomic E-state index is 12.5. The maximum atomic E-state index is 12.5. The molecule has 1 aliphatic rings. The maximum Gasteiger partial charge on any atom is 0.330 e. The lowest BCUT2D eigenvalue weighted by molar-refractivity contribution is -0.138. The molecule has 198 valence electrons. The summed E-state index contributed by atoms with van der Waals surface area (Å²) in [7, 11) is -1.80. The van der Waals surface area contributed by atoms with Crippen LogP contribution in [0.25, 0.3) is 0 Å². The topological polar surface area (TPSA) is 122 Å². The van der Waals surface area contributed by atoms with E-state index < -0.39 is 8.60 Å². The molecule has 9 nitrogen and oxygen atoms in total. The van der Waals surface area contributed by atoms with Gasteiger partial charge in [0.25, 0.3) is 0 Å². The van der Waals surface area contributed by atoms with Crippen LogP contribution in [0.2, 0.25) is 0 Å². The molecule has 34 heavy (non-hydrogen) atoms. The number of Topliss-reactive ketones (excluding diaryl/α,β-unsaturated/α-hetero) is 1. The van der Waals surface area contributed by atoms with Crippen LogP contribution in [0.1, 0.15) is 86.0 Å². The normalized spacial score (nSPS) is 16.4. The fourth-order valence-electron chi connectivity index (χ4n) is 2.97. The van der Waals surface area contributed by atoms with Crippen LogP contribution in [0.5, 0.6) is 0 Å². The Kier molecular flexibility index (Phi) is 19.5. The second-order valence-corrected chi connectivity index (χ2v) is 10.1. The van der Waals surface area contributed by atoms with E-state index >= 15 is 0 Å². The van der Waals surface area contributed by atoms with E-state index in [1.807, 2.05) is 27.7 Å². The molecular formula is C23H43N2O7PS. The van der Waals surface area contributed by atoms with E-state index in [2.05, 4.69) is 5.32 Å². The highest BCUT2D eigenvalue weighted by atomic mass is 32.2. The summed E-state index contributed by atoms with van der Waals surface area (Å²) in [6, 6.07) is 0. The van der Waals surface area contributed by atoms with Crippen molar-refractivity contribution in [2.45, 2.75) is 97.3 Å². The van der Waals surface area contributed by atoms with Gasteiger partial charge in [0.2, 0.25) is 17.7 Å². The third kappa shape index (κ3) is 15.0. The first-order valence-electron chi connectivity index (χ1n) is 12.3. The van der Waals surface area contributed by atoms with Gasteiger partial charge in [-0.05, 0) is 32.4 Å². The van der Waals surface area contributed by atoms with Crippen LogP contribution in [0, 0.1) is 0 Å². The van der Waals surface area contributed by atoms with Crippen molar-refractivity contribution in [3.63, 3.8) is 0 Å². The standard InChI is InChI=1S/C21H37N2O7PS.C2H6/c1-4-17(24)9-11-22-19(25)10-12-23-20(26)15-18(21(23)27)32-14-8-6-5-7-13-29-31(28)30-16(2)3;1-2/h16,18,28H,4-15H2,1-3H3,(H,22,25);1-2H3. The van der Waals surface area contributed by atoms with Crippen molar-refractivity contribution in [2.24, 2.45) is 0 Å². The van der Waals surface area contributed by atoms with Gasteiger partial charge >= 0.3 is 8.60 Å². The molecule has 1 heterocycles. The SMILES string of the molecule is CC.CCC(=O)CCNC(=O)CCN1C(=O)CC(SCCCCCCOP(O)OC(C)C)C1=O.